The molecule has 0 fully saturated rings. The number of fused-ring (bicyclic) bond motifs is 1. The third-order valence-corrected chi connectivity index (χ3v) is 3.64. The molecule has 0 saturated carbocycles. The summed E-state index contributed by atoms with van der Waals surface area (Å²) in [5.74, 6) is -0.767. The molecule has 0 aliphatic rings. The van der Waals surface area contributed by atoms with Gasteiger partial charge in [-0.1, -0.05) is 0 Å². The summed E-state index contributed by atoms with van der Waals surface area (Å²) >= 11 is 0. The van der Waals surface area contributed by atoms with Crippen LogP contribution in [0.25, 0.3) is 11.0 Å². The van der Waals surface area contributed by atoms with E-state index in [1.54, 1.807) is 6.07 Å². The standard InChI is InChI=1S/C19H15FO6/c1-11(25-15-5-2-13(20)3-6-15)19(23)24-10-12-8-18(22)26-17-9-14(21)4-7-16(12)17/h2-9,11,21H,10H2,1H3/t11-/m1/s1. The van der Waals surface area contributed by atoms with Crippen molar-refractivity contribution in [3.8, 4) is 11.5 Å². The second-order valence-corrected chi connectivity index (χ2v) is 5.59. The highest BCUT2D eigenvalue weighted by Crippen LogP contribution is 2.22. The van der Waals surface area contributed by atoms with Crippen LogP contribution in [0.4, 0.5) is 4.39 Å². The van der Waals surface area contributed by atoms with Gasteiger partial charge in [0.1, 0.15) is 29.5 Å². The van der Waals surface area contributed by atoms with E-state index in [2.05, 4.69) is 0 Å². The quantitative estimate of drug-likeness (QED) is 0.557. The fourth-order valence-electron chi connectivity index (χ4n) is 2.37. The molecule has 6 nitrogen and oxygen atoms in total. The Labute approximate surface area is 147 Å². The molecule has 0 spiro atoms. The average molecular weight is 358 g/mol. The van der Waals surface area contributed by atoms with E-state index in [4.69, 9.17) is 13.9 Å². The van der Waals surface area contributed by atoms with Crippen LogP contribution in [-0.2, 0) is 16.1 Å². The molecule has 134 valence electrons. The smallest absolute Gasteiger partial charge is 0.347 e. The van der Waals surface area contributed by atoms with Crippen molar-refractivity contribution in [2.45, 2.75) is 19.6 Å². The molecule has 1 N–H and O–H groups in total. The minimum Gasteiger partial charge on any atom is -0.508 e. The maximum Gasteiger partial charge on any atom is 0.347 e. The van der Waals surface area contributed by atoms with Gasteiger partial charge >= 0.3 is 11.6 Å². The zero-order chi connectivity index (χ0) is 18.7. The zero-order valence-corrected chi connectivity index (χ0v) is 13.8. The number of rotatable bonds is 5. The van der Waals surface area contributed by atoms with E-state index >= 15 is 0 Å². The van der Waals surface area contributed by atoms with Crippen LogP contribution < -0.4 is 10.4 Å². The van der Waals surface area contributed by atoms with Crippen molar-refractivity contribution in [2.75, 3.05) is 0 Å². The SMILES string of the molecule is C[C@@H](Oc1ccc(F)cc1)C(=O)OCc1cc(=O)oc2cc(O)ccc12. The predicted molar refractivity (Wildman–Crippen MR) is 90.4 cm³/mol. The Morgan fingerprint density at radius 2 is 1.92 bits per heavy atom. The molecule has 1 aromatic heterocycles. The van der Waals surface area contributed by atoms with E-state index in [9.17, 15) is 19.1 Å². The van der Waals surface area contributed by atoms with Crippen molar-refractivity contribution in [1.82, 2.24) is 0 Å². The summed E-state index contributed by atoms with van der Waals surface area (Å²) in [6.45, 7) is 1.34. The Morgan fingerprint density at radius 3 is 2.65 bits per heavy atom. The highest BCUT2D eigenvalue weighted by atomic mass is 19.1. The Bertz CT molecular complexity index is 993. The minimum absolute atomic E-state index is 0.0453. The van der Waals surface area contributed by atoms with Crippen molar-refractivity contribution < 1.29 is 28.2 Å². The van der Waals surface area contributed by atoms with E-state index in [0.29, 0.717) is 16.7 Å². The first-order valence-electron chi connectivity index (χ1n) is 7.77. The minimum atomic E-state index is -0.920. The van der Waals surface area contributed by atoms with E-state index in [0.717, 1.165) is 0 Å². The van der Waals surface area contributed by atoms with Gasteiger partial charge in [-0.3, -0.25) is 0 Å². The largest absolute Gasteiger partial charge is 0.508 e. The Morgan fingerprint density at radius 1 is 1.19 bits per heavy atom. The first kappa shape index (κ1) is 17.5. The summed E-state index contributed by atoms with van der Waals surface area (Å²) in [5.41, 5.74) is 0.0162. The highest BCUT2D eigenvalue weighted by molar-refractivity contribution is 5.82. The number of carbonyl (C=O) groups excluding carboxylic acids is 1. The van der Waals surface area contributed by atoms with Crippen LogP contribution in [0.5, 0.6) is 11.5 Å². The van der Waals surface area contributed by atoms with Gasteiger partial charge in [0, 0.05) is 23.1 Å². The number of benzene rings is 2. The Kier molecular flexibility index (Phi) is 4.88. The Hall–Kier alpha value is -3.35. The molecule has 3 aromatic rings. The molecule has 1 heterocycles. The summed E-state index contributed by atoms with van der Waals surface area (Å²) in [6.07, 6.45) is -0.920. The number of ether oxygens (including phenoxy) is 2. The molecule has 1 atom stereocenters. The molecule has 0 aliphatic carbocycles. The van der Waals surface area contributed by atoms with Crippen molar-refractivity contribution in [2.24, 2.45) is 0 Å². The van der Waals surface area contributed by atoms with Crippen LogP contribution in [0.15, 0.2) is 57.7 Å². The second-order valence-electron chi connectivity index (χ2n) is 5.59. The van der Waals surface area contributed by atoms with Crippen molar-refractivity contribution in [1.29, 1.82) is 0 Å². The molecule has 0 saturated heterocycles. The van der Waals surface area contributed by atoms with E-state index in [1.165, 1.54) is 49.4 Å². The van der Waals surface area contributed by atoms with Crippen LogP contribution in [0, 0.1) is 5.82 Å². The van der Waals surface area contributed by atoms with E-state index < -0.39 is 23.5 Å². The van der Waals surface area contributed by atoms with Crippen molar-refractivity contribution >= 4 is 16.9 Å². The highest BCUT2D eigenvalue weighted by Gasteiger charge is 2.17. The first-order valence-corrected chi connectivity index (χ1v) is 7.77. The molecule has 0 bridgehead atoms. The first-order chi connectivity index (χ1) is 12.4. The third-order valence-electron chi connectivity index (χ3n) is 3.64. The molecule has 0 amide bonds. The molecule has 0 aliphatic heterocycles. The van der Waals surface area contributed by atoms with Gasteiger partial charge in [0.05, 0.1) is 0 Å². The zero-order valence-electron chi connectivity index (χ0n) is 13.8. The van der Waals surface area contributed by atoms with Crippen LogP contribution in [0.3, 0.4) is 0 Å². The number of hydrogen-bond acceptors (Lipinski definition) is 6. The lowest BCUT2D eigenvalue weighted by Gasteiger charge is -2.14. The summed E-state index contributed by atoms with van der Waals surface area (Å²) in [4.78, 5) is 23.7. The van der Waals surface area contributed by atoms with Gasteiger partial charge in [0.15, 0.2) is 6.10 Å². The number of phenolic OH excluding ortho intramolecular Hbond substituents is 1. The van der Waals surface area contributed by atoms with Crippen molar-refractivity contribution in [3.63, 3.8) is 0 Å². The van der Waals surface area contributed by atoms with Crippen molar-refractivity contribution in [3.05, 3.63) is 70.3 Å². The van der Waals surface area contributed by atoms with Crippen LogP contribution >= 0.6 is 0 Å². The summed E-state index contributed by atoms with van der Waals surface area (Å²) in [5, 5.41) is 10.0. The van der Waals surface area contributed by atoms with Gasteiger partial charge in [-0.2, -0.15) is 0 Å². The fourth-order valence-corrected chi connectivity index (χ4v) is 2.37. The molecular formula is C19H15FO6. The molecule has 0 radical (unpaired) electrons. The molecule has 0 unspecified atom stereocenters. The fraction of sp³-hybridized carbons (Fsp3) is 0.158. The van der Waals surface area contributed by atoms with Crippen LogP contribution in [-0.4, -0.2) is 17.2 Å². The number of halogens is 1. The van der Waals surface area contributed by atoms with Gasteiger partial charge in [-0.25, -0.2) is 14.0 Å². The third kappa shape index (κ3) is 4.00. The number of hydrogen-bond donors (Lipinski definition) is 1. The second kappa shape index (κ2) is 7.26. The van der Waals surface area contributed by atoms with Gasteiger partial charge < -0.3 is 19.0 Å². The van der Waals surface area contributed by atoms with Crippen LogP contribution in [0.1, 0.15) is 12.5 Å². The number of aromatic hydroxyl groups is 1. The van der Waals surface area contributed by atoms with Crippen LogP contribution in [0.2, 0.25) is 0 Å². The monoisotopic (exact) mass is 358 g/mol. The van der Waals surface area contributed by atoms with E-state index in [1.807, 2.05) is 0 Å². The number of carbonyl (C=O) groups is 1. The number of esters is 1. The van der Waals surface area contributed by atoms with Gasteiger partial charge in [0.2, 0.25) is 0 Å². The Balaban J connectivity index is 1.70. The van der Waals surface area contributed by atoms with Gasteiger partial charge in [-0.15, -0.1) is 0 Å². The molecular weight excluding hydrogens is 343 g/mol. The molecule has 26 heavy (non-hydrogen) atoms. The average Bonchev–Trinajstić information content (AvgIpc) is 2.60. The number of phenols is 1. The normalized spacial score (nSPS) is 11.9. The maximum absolute atomic E-state index is 12.9. The van der Waals surface area contributed by atoms with E-state index in [-0.39, 0.29) is 17.9 Å². The lowest BCUT2D eigenvalue weighted by Crippen LogP contribution is -2.26. The maximum atomic E-state index is 12.9. The predicted octanol–water partition coefficient (Wildman–Crippen LogP) is 3.15. The molecule has 3 rings (SSSR count). The molecule has 7 heteroatoms. The summed E-state index contributed by atoms with van der Waals surface area (Å²) in [6, 6.07) is 10.8. The summed E-state index contributed by atoms with van der Waals surface area (Å²) < 4.78 is 28.5. The topological polar surface area (TPSA) is 86.0 Å². The van der Waals surface area contributed by atoms with Gasteiger partial charge in [-0.05, 0) is 43.3 Å². The molecule has 2 aromatic carbocycles. The lowest BCUT2D eigenvalue weighted by atomic mass is 10.1. The van der Waals surface area contributed by atoms with Gasteiger partial charge in [0.25, 0.3) is 0 Å². The summed E-state index contributed by atoms with van der Waals surface area (Å²) in [7, 11) is 0. The lowest BCUT2D eigenvalue weighted by molar-refractivity contribution is -0.152.